The molecule has 3 atom stereocenters. The number of nitrogens with one attached hydrogen (secondary N) is 2. The SMILES string of the molecule is O=C(NCc1cccs1)[C@]1(Cc2ccccc2)C[C@@H]2CC[C@H]1N2. The summed E-state index contributed by atoms with van der Waals surface area (Å²) in [4.78, 5) is 14.3. The molecule has 1 amide bonds. The summed E-state index contributed by atoms with van der Waals surface area (Å²) in [5.41, 5.74) is 0.967. The summed E-state index contributed by atoms with van der Waals surface area (Å²) in [7, 11) is 0. The first-order chi connectivity index (χ1) is 11.3. The average molecular weight is 326 g/mol. The Morgan fingerprint density at radius 1 is 1.22 bits per heavy atom. The molecule has 3 nitrogen and oxygen atoms in total. The highest BCUT2D eigenvalue weighted by Crippen LogP contribution is 2.46. The molecular formula is C19H22N2OS. The van der Waals surface area contributed by atoms with Crippen molar-refractivity contribution in [2.75, 3.05) is 0 Å². The van der Waals surface area contributed by atoms with Crippen molar-refractivity contribution in [3.63, 3.8) is 0 Å². The molecule has 2 fully saturated rings. The third-order valence-corrected chi connectivity index (χ3v) is 6.21. The van der Waals surface area contributed by atoms with E-state index in [0.29, 0.717) is 18.6 Å². The number of rotatable bonds is 5. The van der Waals surface area contributed by atoms with Gasteiger partial charge in [-0.3, -0.25) is 4.79 Å². The van der Waals surface area contributed by atoms with E-state index in [4.69, 9.17) is 0 Å². The fourth-order valence-corrected chi connectivity index (χ4v) is 4.89. The van der Waals surface area contributed by atoms with E-state index in [1.807, 2.05) is 12.1 Å². The lowest BCUT2D eigenvalue weighted by atomic mass is 9.69. The fourth-order valence-electron chi connectivity index (χ4n) is 4.24. The molecule has 0 spiro atoms. The largest absolute Gasteiger partial charge is 0.351 e. The van der Waals surface area contributed by atoms with Crippen LogP contribution in [-0.2, 0) is 17.8 Å². The molecule has 4 rings (SSSR count). The molecule has 1 aromatic heterocycles. The molecule has 23 heavy (non-hydrogen) atoms. The molecule has 0 radical (unpaired) electrons. The second-order valence-corrected chi connectivity index (χ2v) is 7.81. The maximum Gasteiger partial charge on any atom is 0.228 e. The number of hydrogen-bond donors (Lipinski definition) is 2. The summed E-state index contributed by atoms with van der Waals surface area (Å²) in [5, 5.41) is 8.92. The Balaban J connectivity index is 1.54. The van der Waals surface area contributed by atoms with E-state index in [9.17, 15) is 4.79 Å². The van der Waals surface area contributed by atoms with Gasteiger partial charge in [0, 0.05) is 17.0 Å². The van der Waals surface area contributed by atoms with Crippen LogP contribution in [-0.4, -0.2) is 18.0 Å². The molecule has 2 aromatic rings. The Morgan fingerprint density at radius 2 is 2.09 bits per heavy atom. The lowest BCUT2D eigenvalue weighted by Crippen LogP contribution is -2.49. The molecule has 2 aliphatic heterocycles. The highest BCUT2D eigenvalue weighted by Gasteiger charge is 2.55. The average Bonchev–Trinajstić information content (AvgIpc) is 3.31. The highest BCUT2D eigenvalue weighted by atomic mass is 32.1. The molecule has 120 valence electrons. The van der Waals surface area contributed by atoms with Gasteiger partial charge < -0.3 is 10.6 Å². The van der Waals surface area contributed by atoms with E-state index in [0.717, 1.165) is 19.3 Å². The maximum absolute atomic E-state index is 13.1. The number of fused-ring (bicyclic) bond motifs is 2. The van der Waals surface area contributed by atoms with Gasteiger partial charge in [0.2, 0.25) is 5.91 Å². The summed E-state index contributed by atoms with van der Waals surface area (Å²) in [6.07, 6.45) is 4.12. The van der Waals surface area contributed by atoms with E-state index in [1.54, 1.807) is 11.3 Å². The van der Waals surface area contributed by atoms with Crippen molar-refractivity contribution < 1.29 is 4.79 Å². The van der Waals surface area contributed by atoms with E-state index in [2.05, 4.69) is 46.3 Å². The monoisotopic (exact) mass is 326 g/mol. The molecule has 2 aliphatic rings. The zero-order chi connectivity index (χ0) is 15.7. The smallest absolute Gasteiger partial charge is 0.228 e. The third kappa shape index (κ3) is 2.81. The summed E-state index contributed by atoms with van der Waals surface area (Å²) in [5.74, 6) is 0.217. The number of amides is 1. The zero-order valence-electron chi connectivity index (χ0n) is 13.1. The van der Waals surface area contributed by atoms with Gasteiger partial charge in [-0.25, -0.2) is 0 Å². The van der Waals surface area contributed by atoms with Crippen LogP contribution in [0.1, 0.15) is 29.7 Å². The first-order valence-electron chi connectivity index (χ1n) is 8.37. The minimum absolute atomic E-state index is 0.217. The number of benzene rings is 1. The molecular weight excluding hydrogens is 304 g/mol. The quantitative estimate of drug-likeness (QED) is 0.886. The molecule has 4 heteroatoms. The van der Waals surface area contributed by atoms with Crippen LogP contribution in [0.3, 0.4) is 0 Å². The van der Waals surface area contributed by atoms with Crippen LogP contribution in [0.2, 0.25) is 0 Å². The lowest BCUT2D eigenvalue weighted by Gasteiger charge is -2.35. The minimum Gasteiger partial charge on any atom is -0.351 e. The maximum atomic E-state index is 13.1. The Kier molecular flexibility index (Phi) is 3.95. The van der Waals surface area contributed by atoms with E-state index in [-0.39, 0.29) is 11.3 Å². The van der Waals surface area contributed by atoms with Gasteiger partial charge in [0.15, 0.2) is 0 Å². The molecule has 1 aromatic carbocycles. The summed E-state index contributed by atoms with van der Waals surface area (Å²) in [6.45, 7) is 0.643. The molecule has 3 heterocycles. The van der Waals surface area contributed by atoms with Gasteiger partial charge in [0.1, 0.15) is 0 Å². The third-order valence-electron chi connectivity index (χ3n) is 5.34. The van der Waals surface area contributed by atoms with Crippen molar-refractivity contribution in [3.8, 4) is 0 Å². The first kappa shape index (κ1) is 14.9. The van der Waals surface area contributed by atoms with Crippen molar-refractivity contribution in [2.24, 2.45) is 5.41 Å². The predicted molar refractivity (Wildman–Crippen MR) is 93.3 cm³/mol. The molecule has 0 unspecified atom stereocenters. The molecule has 2 N–H and O–H groups in total. The lowest BCUT2D eigenvalue weighted by molar-refractivity contribution is -0.132. The van der Waals surface area contributed by atoms with Gasteiger partial charge in [0.25, 0.3) is 0 Å². The van der Waals surface area contributed by atoms with Crippen LogP contribution >= 0.6 is 11.3 Å². The van der Waals surface area contributed by atoms with Crippen LogP contribution in [0.4, 0.5) is 0 Å². The van der Waals surface area contributed by atoms with Gasteiger partial charge in [-0.15, -0.1) is 11.3 Å². The van der Waals surface area contributed by atoms with Gasteiger partial charge in [0.05, 0.1) is 12.0 Å². The standard InChI is InChI=1S/C19H22N2OS/c22-18(20-13-16-7-4-10-23-16)19(11-14-5-2-1-3-6-14)12-15-8-9-17(19)21-15/h1-7,10,15,17,21H,8-9,11-13H2,(H,20,22)/t15-,17+,19+/m0/s1. The Hall–Kier alpha value is -1.65. The fraction of sp³-hybridized carbons (Fsp3) is 0.421. The summed E-state index contributed by atoms with van der Waals surface area (Å²) < 4.78 is 0. The van der Waals surface area contributed by atoms with Gasteiger partial charge in [-0.2, -0.15) is 0 Å². The Morgan fingerprint density at radius 3 is 2.74 bits per heavy atom. The Bertz CT molecular complexity index is 670. The molecule has 0 aliphatic carbocycles. The van der Waals surface area contributed by atoms with Crippen LogP contribution in [0.15, 0.2) is 47.8 Å². The second kappa shape index (κ2) is 6.10. The zero-order valence-corrected chi connectivity index (χ0v) is 13.9. The predicted octanol–water partition coefficient (Wildman–Crippen LogP) is 3.12. The normalized spacial score (nSPS) is 28.9. The number of carbonyl (C=O) groups excluding carboxylic acids is 1. The van der Waals surface area contributed by atoms with Gasteiger partial charge in [-0.1, -0.05) is 36.4 Å². The van der Waals surface area contributed by atoms with Crippen molar-refractivity contribution in [2.45, 2.75) is 44.3 Å². The van der Waals surface area contributed by atoms with Crippen molar-refractivity contribution in [1.82, 2.24) is 10.6 Å². The van der Waals surface area contributed by atoms with Crippen LogP contribution < -0.4 is 10.6 Å². The number of thiophene rings is 1. The van der Waals surface area contributed by atoms with Gasteiger partial charge >= 0.3 is 0 Å². The van der Waals surface area contributed by atoms with Crippen LogP contribution in [0.5, 0.6) is 0 Å². The molecule has 0 saturated carbocycles. The highest BCUT2D eigenvalue weighted by molar-refractivity contribution is 7.09. The van der Waals surface area contributed by atoms with E-state index >= 15 is 0 Å². The Labute approximate surface area is 141 Å². The van der Waals surface area contributed by atoms with Crippen molar-refractivity contribution in [3.05, 3.63) is 58.3 Å². The van der Waals surface area contributed by atoms with E-state index < -0.39 is 0 Å². The molecule has 2 bridgehead atoms. The second-order valence-electron chi connectivity index (χ2n) is 6.78. The number of hydrogen-bond acceptors (Lipinski definition) is 3. The minimum atomic E-state index is -0.290. The number of carbonyl (C=O) groups is 1. The van der Waals surface area contributed by atoms with Crippen LogP contribution in [0, 0.1) is 5.41 Å². The first-order valence-corrected chi connectivity index (χ1v) is 9.25. The van der Waals surface area contributed by atoms with Crippen molar-refractivity contribution >= 4 is 17.2 Å². The van der Waals surface area contributed by atoms with E-state index in [1.165, 1.54) is 16.9 Å². The van der Waals surface area contributed by atoms with Gasteiger partial charge in [-0.05, 0) is 42.7 Å². The van der Waals surface area contributed by atoms with Crippen LogP contribution in [0.25, 0.3) is 0 Å². The van der Waals surface area contributed by atoms with Crippen molar-refractivity contribution in [1.29, 1.82) is 0 Å². The summed E-state index contributed by atoms with van der Waals surface area (Å²) in [6, 6.07) is 15.4. The molecule has 2 saturated heterocycles. The topological polar surface area (TPSA) is 41.1 Å². The summed E-state index contributed by atoms with van der Waals surface area (Å²) >= 11 is 1.70.